The number of hydrogen-bond acceptors (Lipinski definition) is 7. The van der Waals surface area contributed by atoms with E-state index in [1.165, 1.54) is 16.8 Å². The topological polar surface area (TPSA) is 108 Å². The minimum Gasteiger partial charge on any atom is -0.423 e. The second kappa shape index (κ2) is 9.05. The molecule has 0 unspecified atom stereocenters. The lowest BCUT2D eigenvalue weighted by atomic mass is 10.1. The first-order chi connectivity index (χ1) is 16.5. The molecule has 34 heavy (non-hydrogen) atoms. The van der Waals surface area contributed by atoms with Gasteiger partial charge >= 0.3 is 5.97 Å². The van der Waals surface area contributed by atoms with Crippen molar-refractivity contribution in [3.05, 3.63) is 100 Å². The summed E-state index contributed by atoms with van der Waals surface area (Å²) in [5.74, 6) is -0.763. The highest BCUT2D eigenvalue weighted by Crippen LogP contribution is 2.30. The van der Waals surface area contributed by atoms with Crippen molar-refractivity contribution in [1.29, 1.82) is 5.41 Å². The highest BCUT2D eigenvalue weighted by Gasteiger charge is 2.36. The van der Waals surface area contributed by atoms with E-state index in [-0.39, 0.29) is 11.4 Å². The molecule has 0 atom stereocenters. The Balaban J connectivity index is 1.33. The minimum atomic E-state index is -0.523. The number of hydrogen-bond donors (Lipinski definition) is 1. The molecular formula is C24H14ClN5O3S. The van der Waals surface area contributed by atoms with Gasteiger partial charge in [0.05, 0.1) is 11.1 Å². The monoisotopic (exact) mass is 487 g/mol. The Bertz CT molecular complexity index is 1400. The number of carbonyl (C=O) groups excluding carboxylic acids is 2. The maximum Gasteiger partial charge on any atom is 0.343 e. The molecule has 10 heteroatoms. The molecular weight excluding hydrogens is 474 g/mol. The Morgan fingerprint density at radius 2 is 1.85 bits per heavy atom. The predicted molar refractivity (Wildman–Crippen MR) is 131 cm³/mol. The van der Waals surface area contributed by atoms with Crippen LogP contribution in [0.5, 0.6) is 5.75 Å². The van der Waals surface area contributed by atoms with Gasteiger partial charge in [-0.15, -0.1) is 0 Å². The summed E-state index contributed by atoms with van der Waals surface area (Å²) in [6.07, 6.45) is 4.87. The van der Waals surface area contributed by atoms with Gasteiger partial charge in [-0.3, -0.25) is 15.2 Å². The number of carbonyl (C=O) groups is 2. The highest BCUT2D eigenvalue weighted by molar-refractivity contribution is 8.27. The summed E-state index contributed by atoms with van der Waals surface area (Å²) in [5.41, 5.74) is 1.90. The van der Waals surface area contributed by atoms with Crippen LogP contribution in [0.2, 0.25) is 5.02 Å². The summed E-state index contributed by atoms with van der Waals surface area (Å²) in [6.45, 7) is 0. The zero-order valence-corrected chi connectivity index (χ0v) is 18.9. The molecule has 0 saturated heterocycles. The Morgan fingerprint density at radius 3 is 2.56 bits per heavy atom. The van der Waals surface area contributed by atoms with Crippen LogP contribution in [0, 0.1) is 5.41 Å². The second-order valence-electron chi connectivity index (χ2n) is 7.13. The zero-order chi connectivity index (χ0) is 23.7. The van der Waals surface area contributed by atoms with E-state index in [0.717, 1.165) is 5.56 Å². The van der Waals surface area contributed by atoms with Crippen molar-refractivity contribution in [3.63, 3.8) is 0 Å². The van der Waals surface area contributed by atoms with E-state index in [2.05, 4.69) is 15.1 Å². The smallest absolute Gasteiger partial charge is 0.343 e. The molecule has 166 valence electrons. The molecule has 1 aromatic heterocycles. The number of halogens is 1. The number of hydrazone groups is 1. The SMILES string of the molecule is N=C1C(=Cc2ccc(OC(=O)c3ccc(Cl)cc3)cc2)C(=O)N=C2SC(c3cccnc3)=NN12. The van der Waals surface area contributed by atoms with E-state index < -0.39 is 11.9 Å². The molecule has 0 radical (unpaired) electrons. The lowest BCUT2D eigenvalue weighted by molar-refractivity contribution is -0.114. The van der Waals surface area contributed by atoms with Crippen molar-refractivity contribution in [2.24, 2.45) is 10.1 Å². The lowest BCUT2D eigenvalue weighted by Gasteiger charge is -2.20. The third kappa shape index (κ3) is 4.39. The van der Waals surface area contributed by atoms with Crippen LogP contribution >= 0.6 is 23.4 Å². The molecule has 0 bridgehead atoms. The minimum absolute atomic E-state index is 0.0698. The van der Waals surface area contributed by atoms with Crippen LogP contribution in [0.25, 0.3) is 6.08 Å². The Kier molecular flexibility index (Phi) is 5.79. The fraction of sp³-hybridized carbons (Fsp3) is 0. The molecule has 2 aromatic carbocycles. The van der Waals surface area contributed by atoms with E-state index in [9.17, 15) is 9.59 Å². The van der Waals surface area contributed by atoms with Crippen molar-refractivity contribution < 1.29 is 14.3 Å². The summed E-state index contributed by atoms with van der Waals surface area (Å²) < 4.78 is 5.37. The van der Waals surface area contributed by atoms with Crippen molar-refractivity contribution in [2.45, 2.75) is 0 Å². The number of ether oxygens (including phenoxy) is 1. The average molecular weight is 488 g/mol. The van der Waals surface area contributed by atoms with Gasteiger partial charge in [0.1, 0.15) is 10.8 Å². The normalized spacial score (nSPS) is 16.3. The zero-order valence-electron chi connectivity index (χ0n) is 17.3. The number of pyridine rings is 1. The van der Waals surface area contributed by atoms with Gasteiger partial charge in [-0.1, -0.05) is 23.7 Å². The first-order valence-corrected chi connectivity index (χ1v) is 11.2. The standard InChI is InChI=1S/C24H14ClN5O3S/c25-17-7-5-15(6-8-17)23(32)33-18-9-3-14(4-10-18)12-19-20(26)30-24(28-21(19)31)34-22(29-30)16-2-1-11-27-13-16/h1-13,26H. The van der Waals surface area contributed by atoms with Crippen LogP contribution in [0.3, 0.4) is 0 Å². The number of nitrogens with one attached hydrogen (secondary N) is 1. The molecule has 0 spiro atoms. The highest BCUT2D eigenvalue weighted by atomic mass is 35.5. The summed E-state index contributed by atoms with van der Waals surface area (Å²) in [6, 6.07) is 16.6. The molecule has 0 fully saturated rings. The summed E-state index contributed by atoms with van der Waals surface area (Å²) in [7, 11) is 0. The van der Waals surface area contributed by atoms with E-state index in [1.54, 1.807) is 73.1 Å². The number of rotatable bonds is 4. The maximum absolute atomic E-state index is 12.6. The van der Waals surface area contributed by atoms with Gasteiger partial charge in [-0.05, 0) is 71.9 Å². The number of aromatic nitrogens is 1. The van der Waals surface area contributed by atoms with Gasteiger partial charge in [-0.25, -0.2) is 4.79 Å². The van der Waals surface area contributed by atoms with Gasteiger partial charge in [0.25, 0.3) is 5.91 Å². The number of fused-ring (bicyclic) bond motifs is 1. The third-order valence-corrected chi connectivity index (χ3v) is 6.05. The molecule has 0 aliphatic carbocycles. The predicted octanol–water partition coefficient (Wildman–Crippen LogP) is 4.62. The third-order valence-electron chi connectivity index (χ3n) is 4.84. The van der Waals surface area contributed by atoms with Crippen LogP contribution in [0.15, 0.2) is 88.7 Å². The summed E-state index contributed by atoms with van der Waals surface area (Å²) in [4.78, 5) is 33.0. The fourth-order valence-electron chi connectivity index (χ4n) is 3.15. The van der Waals surface area contributed by atoms with E-state index in [4.69, 9.17) is 21.7 Å². The van der Waals surface area contributed by atoms with Crippen molar-refractivity contribution >= 4 is 57.4 Å². The number of nitrogens with zero attached hydrogens (tertiary/aromatic N) is 4. The maximum atomic E-state index is 12.6. The van der Waals surface area contributed by atoms with Gasteiger partial charge in [0.15, 0.2) is 5.84 Å². The van der Waals surface area contributed by atoms with Crippen LogP contribution in [-0.4, -0.2) is 37.9 Å². The molecule has 2 aliphatic heterocycles. The van der Waals surface area contributed by atoms with Crippen LogP contribution < -0.4 is 4.74 Å². The van der Waals surface area contributed by atoms with Crippen molar-refractivity contribution in [3.8, 4) is 5.75 Å². The average Bonchev–Trinajstić information content (AvgIpc) is 3.28. The molecule has 3 aromatic rings. The Labute approximate surface area is 203 Å². The molecule has 5 rings (SSSR count). The number of amidine groups is 2. The van der Waals surface area contributed by atoms with Crippen molar-refractivity contribution in [1.82, 2.24) is 9.99 Å². The van der Waals surface area contributed by atoms with Gasteiger partial charge in [-0.2, -0.15) is 15.1 Å². The molecule has 1 amide bonds. The van der Waals surface area contributed by atoms with Gasteiger partial charge < -0.3 is 4.74 Å². The van der Waals surface area contributed by atoms with E-state index >= 15 is 0 Å². The molecule has 8 nitrogen and oxygen atoms in total. The lowest BCUT2D eigenvalue weighted by Crippen LogP contribution is -2.35. The van der Waals surface area contributed by atoms with Crippen LogP contribution in [0.4, 0.5) is 0 Å². The van der Waals surface area contributed by atoms with Crippen LogP contribution in [0.1, 0.15) is 21.5 Å². The van der Waals surface area contributed by atoms with E-state index in [1.807, 2.05) is 6.07 Å². The summed E-state index contributed by atoms with van der Waals surface area (Å²) in [5, 5.41) is 15.7. The fourth-order valence-corrected chi connectivity index (χ4v) is 4.16. The number of esters is 1. The molecule has 3 heterocycles. The van der Waals surface area contributed by atoms with E-state index in [0.29, 0.717) is 32.1 Å². The first-order valence-electron chi connectivity index (χ1n) is 9.96. The Hall–Kier alpha value is -4.08. The van der Waals surface area contributed by atoms with Crippen molar-refractivity contribution in [2.75, 3.05) is 0 Å². The number of aliphatic imine (C=N–C) groups is 1. The largest absolute Gasteiger partial charge is 0.423 e. The Morgan fingerprint density at radius 1 is 1.09 bits per heavy atom. The van der Waals surface area contributed by atoms with Crippen LogP contribution in [-0.2, 0) is 4.79 Å². The number of thioether (sulfide) groups is 1. The first kappa shape index (κ1) is 21.7. The number of amides is 1. The summed E-state index contributed by atoms with van der Waals surface area (Å²) >= 11 is 7.05. The van der Waals surface area contributed by atoms with Gasteiger partial charge in [0.2, 0.25) is 5.17 Å². The second-order valence-corrected chi connectivity index (χ2v) is 8.52. The quantitative estimate of drug-likeness (QED) is 0.327. The number of benzene rings is 2. The molecule has 2 aliphatic rings. The molecule has 1 N–H and O–H groups in total. The van der Waals surface area contributed by atoms with Gasteiger partial charge in [0, 0.05) is 23.0 Å². The molecule has 0 saturated carbocycles.